The molecule has 1 N–H and O–H groups in total. The highest BCUT2D eigenvalue weighted by Gasteiger charge is 2.47. The van der Waals surface area contributed by atoms with Crippen molar-refractivity contribution < 1.29 is 14.4 Å². The lowest BCUT2D eigenvalue weighted by Crippen LogP contribution is -2.36. The van der Waals surface area contributed by atoms with Crippen LogP contribution in [0.3, 0.4) is 0 Å². The first kappa shape index (κ1) is 22.0. The van der Waals surface area contributed by atoms with Gasteiger partial charge in [-0.3, -0.25) is 4.79 Å². The van der Waals surface area contributed by atoms with E-state index in [0.717, 1.165) is 61.3 Å². The van der Waals surface area contributed by atoms with E-state index in [0.29, 0.717) is 0 Å². The molecule has 1 spiro atoms. The first-order chi connectivity index (χ1) is 14.6. The summed E-state index contributed by atoms with van der Waals surface area (Å²) < 4.78 is 4.83. The quantitative estimate of drug-likeness (QED) is 0.523. The Morgan fingerprint density at radius 1 is 1.03 bits per heavy atom. The Bertz CT molecular complexity index is 884. The monoisotopic (exact) mass is 408 g/mol. The summed E-state index contributed by atoms with van der Waals surface area (Å²) in [6.07, 6.45) is 7.08. The summed E-state index contributed by atoms with van der Waals surface area (Å²) in [6, 6.07) is 14.5. The van der Waals surface area contributed by atoms with Crippen LogP contribution in [0.1, 0.15) is 57.1 Å². The highest BCUT2D eigenvalue weighted by atomic mass is 16.6. The van der Waals surface area contributed by atoms with Crippen LogP contribution >= 0.6 is 0 Å². The van der Waals surface area contributed by atoms with Gasteiger partial charge in [0.25, 0.3) is 0 Å². The maximum atomic E-state index is 12.7. The zero-order valence-corrected chi connectivity index (χ0v) is 18.2. The van der Waals surface area contributed by atoms with Gasteiger partial charge in [0.2, 0.25) is 5.91 Å². The fourth-order valence-corrected chi connectivity index (χ4v) is 4.36. The van der Waals surface area contributed by atoms with Gasteiger partial charge >= 0.3 is 0 Å². The summed E-state index contributed by atoms with van der Waals surface area (Å²) in [5, 5.41) is 6.93. The normalized spacial score (nSPS) is 16.7. The molecule has 1 fully saturated rings. The van der Waals surface area contributed by atoms with Crippen LogP contribution in [-0.2, 0) is 19.8 Å². The summed E-state index contributed by atoms with van der Waals surface area (Å²) in [5.74, 6) is 0.181. The third-order valence-electron chi connectivity index (χ3n) is 5.86. The Morgan fingerprint density at radius 2 is 1.77 bits per heavy atom. The van der Waals surface area contributed by atoms with Crippen LogP contribution in [0, 0.1) is 0 Å². The van der Waals surface area contributed by atoms with E-state index in [1.54, 1.807) is 6.21 Å². The molecule has 1 amide bonds. The molecule has 30 heavy (non-hydrogen) atoms. The van der Waals surface area contributed by atoms with Crippen molar-refractivity contribution in [2.24, 2.45) is 5.16 Å². The lowest BCUT2D eigenvalue weighted by atomic mass is 9.70. The number of ether oxygens (including phenoxy) is 1. The Balaban J connectivity index is 0.000000461. The van der Waals surface area contributed by atoms with Gasteiger partial charge in [-0.15, -0.1) is 0 Å². The Morgan fingerprint density at radius 3 is 2.43 bits per heavy atom. The van der Waals surface area contributed by atoms with Crippen LogP contribution in [0.5, 0.6) is 0 Å². The van der Waals surface area contributed by atoms with Crippen LogP contribution in [0.4, 0.5) is 5.69 Å². The summed E-state index contributed by atoms with van der Waals surface area (Å²) in [6.45, 7) is 5.67. The lowest BCUT2D eigenvalue weighted by Gasteiger charge is -2.31. The van der Waals surface area contributed by atoms with Gasteiger partial charge in [-0.1, -0.05) is 48.7 Å². The molecule has 5 nitrogen and oxygen atoms in total. The topological polar surface area (TPSA) is 59.9 Å². The molecule has 2 aromatic rings. The summed E-state index contributed by atoms with van der Waals surface area (Å²) >= 11 is 0. The second-order valence-electron chi connectivity index (χ2n) is 7.68. The number of carbonyl (C=O) groups excluding carboxylic acids is 1. The van der Waals surface area contributed by atoms with Gasteiger partial charge in [-0.2, -0.15) is 0 Å². The van der Waals surface area contributed by atoms with E-state index in [4.69, 9.17) is 9.57 Å². The van der Waals surface area contributed by atoms with Crippen LogP contribution in [-0.4, -0.2) is 32.4 Å². The van der Waals surface area contributed by atoms with E-state index in [1.165, 1.54) is 19.1 Å². The third-order valence-corrected chi connectivity index (χ3v) is 5.86. The number of nitrogens with zero attached hydrogens (tertiary/aromatic N) is 1. The van der Waals surface area contributed by atoms with E-state index >= 15 is 0 Å². The molecule has 1 aliphatic carbocycles. The minimum absolute atomic E-state index is 0.181. The van der Waals surface area contributed by atoms with Crippen LogP contribution < -0.4 is 5.32 Å². The molecular formula is C25H32N2O3. The number of benzene rings is 2. The molecule has 1 saturated carbocycles. The molecule has 160 valence electrons. The van der Waals surface area contributed by atoms with Crippen LogP contribution in [0.15, 0.2) is 47.6 Å². The van der Waals surface area contributed by atoms with Crippen molar-refractivity contribution in [1.82, 2.24) is 0 Å². The van der Waals surface area contributed by atoms with E-state index in [9.17, 15) is 4.79 Å². The molecule has 0 aromatic heterocycles. The van der Waals surface area contributed by atoms with Crippen molar-refractivity contribution >= 4 is 17.8 Å². The first-order valence-electron chi connectivity index (χ1n) is 10.8. The van der Waals surface area contributed by atoms with Gasteiger partial charge in [0, 0.05) is 18.9 Å². The maximum absolute atomic E-state index is 12.7. The molecule has 0 saturated heterocycles. The average molecular weight is 409 g/mol. The van der Waals surface area contributed by atoms with Gasteiger partial charge in [0.1, 0.15) is 7.11 Å². The fraction of sp³-hybridized carbons (Fsp3) is 0.440. The molecule has 1 heterocycles. The van der Waals surface area contributed by atoms with Crippen molar-refractivity contribution in [3.63, 3.8) is 0 Å². The minimum Gasteiger partial charge on any atom is -0.399 e. The molecule has 0 bridgehead atoms. The zero-order valence-electron chi connectivity index (χ0n) is 18.2. The van der Waals surface area contributed by atoms with E-state index in [1.807, 2.05) is 32.0 Å². The first-order valence-corrected chi connectivity index (χ1v) is 10.8. The molecule has 1 aliphatic heterocycles. The van der Waals surface area contributed by atoms with E-state index < -0.39 is 0 Å². The van der Waals surface area contributed by atoms with Crippen LogP contribution in [0.25, 0.3) is 11.1 Å². The van der Waals surface area contributed by atoms with Crippen LogP contribution in [0.2, 0.25) is 0 Å². The lowest BCUT2D eigenvalue weighted by molar-refractivity contribution is -0.121. The third kappa shape index (κ3) is 4.73. The maximum Gasteiger partial charge on any atom is 0.235 e. The standard InChI is InChI=1S/C21H22N2O2.C4H10O/c1-25-22-14-15-6-5-7-16(12-15)17-8-9-19-18(13-17)21(20(24)23-19)10-3-2-4-11-21;1-3-5-4-2/h5-9,12-14H,2-4,10-11H2,1H3,(H,23,24);3-4H2,1-2H3/b22-14+;. The largest absolute Gasteiger partial charge is 0.399 e. The average Bonchev–Trinajstić information content (AvgIpc) is 3.04. The molecule has 5 heteroatoms. The minimum atomic E-state index is -0.321. The smallest absolute Gasteiger partial charge is 0.235 e. The van der Waals surface area contributed by atoms with Gasteiger partial charge in [0.05, 0.1) is 11.6 Å². The van der Waals surface area contributed by atoms with Crippen molar-refractivity contribution in [2.75, 3.05) is 25.6 Å². The molecule has 0 atom stereocenters. The second kappa shape index (κ2) is 10.4. The predicted octanol–water partition coefficient (Wildman–Crippen LogP) is 5.53. The Hall–Kier alpha value is -2.66. The number of carbonyl (C=O) groups is 1. The number of amides is 1. The van der Waals surface area contributed by atoms with Gasteiger partial charge in [-0.05, 0) is 67.1 Å². The number of hydrogen-bond acceptors (Lipinski definition) is 4. The highest BCUT2D eigenvalue weighted by molar-refractivity contribution is 6.06. The summed E-state index contributed by atoms with van der Waals surface area (Å²) in [7, 11) is 1.54. The number of fused-ring (bicyclic) bond motifs is 2. The van der Waals surface area contributed by atoms with Crippen molar-refractivity contribution in [3.8, 4) is 11.1 Å². The second-order valence-corrected chi connectivity index (χ2v) is 7.68. The zero-order chi connectivity index (χ0) is 21.4. The van der Waals surface area contributed by atoms with E-state index in [-0.39, 0.29) is 11.3 Å². The van der Waals surface area contributed by atoms with Gasteiger partial charge in [0.15, 0.2) is 0 Å². The number of anilines is 1. The molecule has 4 rings (SSSR count). The van der Waals surface area contributed by atoms with E-state index in [2.05, 4.69) is 34.7 Å². The van der Waals surface area contributed by atoms with Gasteiger partial charge in [-0.25, -0.2) is 0 Å². The number of oxime groups is 1. The molecule has 0 radical (unpaired) electrons. The number of rotatable bonds is 5. The van der Waals surface area contributed by atoms with Gasteiger partial charge < -0.3 is 14.9 Å². The Labute approximate surface area is 179 Å². The summed E-state index contributed by atoms with van der Waals surface area (Å²) in [4.78, 5) is 17.4. The van der Waals surface area contributed by atoms with Crippen molar-refractivity contribution in [1.29, 1.82) is 0 Å². The van der Waals surface area contributed by atoms with Crippen molar-refractivity contribution in [2.45, 2.75) is 51.4 Å². The number of hydrogen-bond donors (Lipinski definition) is 1. The van der Waals surface area contributed by atoms with Crippen molar-refractivity contribution in [3.05, 3.63) is 53.6 Å². The summed E-state index contributed by atoms with van der Waals surface area (Å²) in [5.41, 5.74) is 5.07. The SMILES string of the molecule is CCOCC.CO/N=C/c1cccc(-c2ccc3c(c2)C2(CCCCC2)C(=O)N3)c1. The Kier molecular flexibility index (Phi) is 7.63. The molecule has 2 aliphatic rings. The predicted molar refractivity (Wildman–Crippen MR) is 122 cm³/mol. The molecule has 0 unspecified atom stereocenters. The molecule has 2 aromatic carbocycles. The number of nitrogens with one attached hydrogen (secondary N) is 1. The molecular weight excluding hydrogens is 376 g/mol. The fourth-order valence-electron chi connectivity index (χ4n) is 4.36. The highest BCUT2D eigenvalue weighted by Crippen LogP contribution is 2.48.